The van der Waals surface area contributed by atoms with Crippen LogP contribution in [0.15, 0.2) is 29.3 Å². The zero-order valence-electron chi connectivity index (χ0n) is 10.9. The van der Waals surface area contributed by atoms with E-state index in [-0.39, 0.29) is 0 Å². The van der Waals surface area contributed by atoms with Crippen molar-refractivity contribution in [2.75, 3.05) is 11.4 Å². The molecule has 0 radical (unpaired) electrons. The van der Waals surface area contributed by atoms with Crippen LogP contribution >= 0.6 is 6.72 Å². The summed E-state index contributed by atoms with van der Waals surface area (Å²) in [5, 5.41) is 0. The minimum atomic E-state index is -3.78. The summed E-state index contributed by atoms with van der Waals surface area (Å²) >= 11 is 4.62. The third-order valence-electron chi connectivity index (χ3n) is 3.13. The summed E-state index contributed by atoms with van der Waals surface area (Å²) in [6, 6.07) is 7.66. The quantitative estimate of drug-likeness (QED) is 0.837. The fourth-order valence-corrected chi connectivity index (χ4v) is 3.38. The Balaban J connectivity index is 2.50. The van der Waals surface area contributed by atoms with Crippen LogP contribution in [-0.2, 0) is 16.3 Å². The number of benzene rings is 1. The van der Waals surface area contributed by atoms with E-state index in [1.165, 1.54) is 0 Å². The molecule has 1 atom stereocenters. The van der Waals surface area contributed by atoms with Gasteiger partial charge in [-0.1, -0.05) is 19.1 Å². The van der Waals surface area contributed by atoms with E-state index in [1.54, 1.807) is 6.21 Å². The van der Waals surface area contributed by atoms with Crippen molar-refractivity contribution in [1.82, 2.24) is 0 Å². The van der Waals surface area contributed by atoms with Gasteiger partial charge in [-0.2, -0.15) is 0 Å². The molecule has 0 saturated heterocycles. The molecule has 1 unspecified atom stereocenters. The lowest BCUT2D eigenvalue weighted by molar-refractivity contribution is 0.112. The van der Waals surface area contributed by atoms with Gasteiger partial charge in [0.1, 0.15) is 0 Å². The largest absolute Gasteiger partial charge is 0.337 e. The highest BCUT2D eigenvalue weighted by Crippen LogP contribution is 2.47. The van der Waals surface area contributed by atoms with Crippen molar-refractivity contribution in [3.05, 3.63) is 24.3 Å². The highest BCUT2D eigenvalue weighted by Gasteiger charge is 2.41. The van der Waals surface area contributed by atoms with Crippen LogP contribution in [0.5, 0.6) is 0 Å². The maximum atomic E-state index is 9.50. The molecule has 1 heterocycles. The van der Waals surface area contributed by atoms with E-state index in [9.17, 15) is 9.79 Å². The van der Waals surface area contributed by atoms with Gasteiger partial charge in [0.2, 0.25) is 0 Å². The summed E-state index contributed by atoms with van der Waals surface area (Å²) in [4.78, 5) is 25.3. The molecule has 0 saturated carbocycles. The van der Waals surface area contributed by atoms with Gasteiger partial charge in [-0.05, 0) is 37.3 Å². The number of para-hydroxylation sites is 2. The van der Waals surface area contributed by atoms with Gasteiger partial charge < -0.3 is 14.7 Å². The van der Waals surface area contributed by atoms with E-state index in [0.29, 0.717) is 13.0 Å². The Morgan fingerprint density at radius 1 is 1.37 bits per heavy atom. The Kier molecular flexibility index (Phi) is 4.08. The molecule has 2 rings (SSSR count). The molecule has 0 aliphatic carbocycles. The number of rotatable bonds is 4. The first kappa shape index (κ1) is 14.6. The van der Waals surface area contributed by atoms with Gasteiger partial charge in [0.15, 0.2) is 5.72 Å². The third-order valence-corrected chi connectivity index (χ3v) is 3.91. The van der Waals surface area contributed by atoms with Crippen molar-refractivity contribution in [2.24, 2.45) is 4.99 Å². The van der Waals surface area contributed by atoms with Gasteiger partial charge in [0, 0.05) is 6.54 Å². The molecule has 1 aliphatic heterocycles. The highest BCUT2D eigenvalue weighted by molar-refractivity contribution is 8.06. The van der Waals surface area contributed by atoms with E-state index in [4.69, 9.17) is 4.52 Å². The second kappa shape index (κ2) is 5.31. The van der Waals surface area contributed by atoms with Crippen molar-refractivity contribution in [3.63, 3.8) is 0 Å². The van der Waals surface area contributed by atoms with Crippen LogP contribution in [-0.4, -0.2) is 28.3 Å². The van der Waals surface area contributed by atoms with Crippen molar-refractivity contribution >= 4 is 36.1 Å². The van der Waals surface area contributed by atoms with Crippen LogP contribution in [0.2, 0.25) is 0 Å². The minimum Gasteiger partial charge on any atom is -0.337 e. The second-order valence-corrected chi connectivity index (χ2v) is 6.86. The minimum absolute atomic E-state index is 0.512. The lowest BCUT2D eigenvalue weighted by atomic mass is 10.1. The lowest BCUT2D eigenvalue weighted by Crippen LogP contribution is -2.53. The molecule has 104 valence electrons. The average Bonchev–Trinajstić information content (AvgIpc) is 2.36. The number of hydrogen-bond donors (Lipinski definition) is 2. The zero-order valence-corrected chi connectivity index (χ0v) is 12.6. The summed E-state index contributed by atoms with van der Waals surface area (Å²) in [5.41, 5.74) is 0.737. The van der Waals surface area contributed by atoms with Gasteiger partial charge in [0.05, 0.1) is 17.6 Å². The van der Waals surface area contributed by atoms with Crippen molar-refractivity contribution < 1.29 is 14.3 Å². The summed E-state index contributed by atoms with van der Waals surface area (Å²) in [7, 11) is 0. The molecule has 1 aromatic carbocycles. The Morgan fingerprint density at radius 3 is 2.63 bits per heavy atom. The maximum Gasteiger partial charge on any atom is 0.324 e. The number of anilines is 1. The van der Waals surface area contributed by atoms with E-state index < -0.39 is 12.4 Å². The molecular formula is C12H17N2O3PS. The van der Waals surface area contributed by atoms with Crippen LogP contribution in [0.3, 0.4) is 0 Å². The fourth-order valence-electron chi connectivity index (χ4n) is 2.31. The smallest absolute Gasteiger partial charge is 0.324 e. The first-order valence-electron chi connectivity index (χ1n) is 6.10. The second-order valence-electron chi connectivity index (χ2n) is 4.27. The molecule has 19 heavy (non-hydrogen) atoms. The molecule has 1 aromatic rings. The SMILES string of the molecule is CCN1c2ccccc2N=CC1(CC)OP(O)(O)=S. The van der Waals surface area contributed by atoms with E-state index in [1.807, 2.05) is 43.0 Å². The first-order chi connectivity index (χ1) is 8.92. The van der Waals surface area contributed by atoms with E-state index in [2.05, 4.69) is 16.8 Å². The molecule has 7 heteroatoms. The summed E-state index contributed by atoms with van der Waals surface area (Å²) < 4.78 is 5.39. The van der Waals surface area contributed by atoms with Crippen LogP contribution < -0.4 is 4.90 Å². The molecule has 1 aliphatic rings. The first-order valence-corrected chi connectivity index (χ1v) is 8.72. The molecule has 2 N–H and O–H groups in total. The monoisotopic (exact) mass is 300 g/mol. The normalized spacial score (nSPS) is 22.4. The van der Waals surface area contributed by atoms with Gasteiger partial charge >= 0.3 is 6.72 Å². The molecule has 0 bridgehead atoms. The lowest BCUT2D eigenvalue weighted by Gasteiger charge is -2.44. The van der Waals surface area contributed by atoms with Crippen LogP contribution in [0, 0.1) is 0 Å². The van der Waals surface area contributed by atoms with Crippen LogP contribution in [0.25, 0.3) is 0 Å². The van der Waals surface area contributed by atoms with Gasteiger partial charge in [-0.25, -0.2) is 0 Å². The summed E-state index contributed by atoms with van der Waals surface area (Å²) in [6.45, 7) is 0.738. The Hall–Kier alpha value is -0.780. The maximum absolute atomic E-state index is 9.50. The molecular weight excluding hydrogens is 283 g/mol. The number of hydrogen-bond acceptors (Lipinski definition) is 4. The summed E-state index contributed by atoms with van der Waals surface area (Å²) in [6.07, 6.45) is 2.12. The fraction of sp³-hybridized carbons (Fsp3) is 0.417. The highest BCUT2D eigenvalue weighted by atomic mass is 32.5. The Morgan fingerprint density at radius 2 is 2.05 bits per heavy atom. The summed E-state index contributed by atoms with van der Waals surface area (Å²) in [5.74, 6) is 0. The predicted molar refractivity (Wildman–Crippen MR) is 80.4 cm³/mol. The van der Waals surface area contributed by atoms with Crippen molar-refractivity contribution in [3.8, 4) is 0 Å². The molecule has 0 fully saturated rings. The predicted octanol–water partition coefficient (Wildman–Crippen LogP) is 2.56. The molecule has 0 amide bonds. The third kappa shape index (κ3) is 2.88. The number of fused-ring (bicyclic) bond motifs is 1. The Bertz CT molecular complexity index is 546. The standard InChI is InChI=1S/C12H17N2O3PS/c1-3-12(17-18(15,16)19)9-13-10-7-5-6-8-11(10)14(12)4-2/h5-9H,3-4H2,1-2H3,(H2,15,16,19). The Labute approximate surface area is 117 Å². The number of aliphatic imine (C=N–C) groups is 1. The van der Waals surface area contributed by atoms with Gasteiger partial charge in [-0.15, -0.1) is 0 Å². The molecule has 5 nitrogen and oxygen atoms in total. The van der Waals surface area contributed by atoms with E-state index in [0.717, 1.165) is 11.4 Å². The topological polar surface area (TPSA) is 65.3 Å². The van der Waals surface area contributed by atoms with E-state index >= 15 is 0 Å². The molecule has 0 aromatic heterocycles. The molecule has 0 spiro atoms. The van der Waals surface area contributed by atoms with Crippen LogP contribution in [0.4, 0.5) is 11.4 Å². The van der Waals surface area contributed by atoms with Gasteiger partial charge in [-0.3, -0.25) is 9.52 Å². The van der Waals surface area contributed by atoms with Crippen LogP contribution in [0.1, 0.15) is 20.3 Å². The van der Waals surface area contributed by atoms with Crippen molar-refractivity contribution in [2.45, 2.75) is 26.0 Å². The van der Waals surface area contributed by atoms with Crippen molar-refractivity contribution in [1.29, 1.82) is 0 Å². The van der Waals surface area contributed by atoms with Gasteiger partial charge in [0.25, 0.3) is 0 Å². The number of nitrogens with zero attached hydrogens (tertiary/aromatic N) is 2. The average molecular weight is 300 g/mol. The zero-order chi connectivity index (χ0) is 14.1.